The molecule has 2 heterocycles. The summed E-state index contributed by atoms with van der Waals surface area (Å²) in [6.07, 6.45) is 1.90. The summed E-state index contributed by atoms with van der Waals surface area (Å²) in [5.41, 5.74) is 2.00. The number of methoxy groups -OCH3 is 1. The molecule has 4 rings (SSSR count). The zero-order valence-electron chi connectivity index (χ0n) is 14.1. The third kappa shape index (κ3) is 3.32. The van der Waals surface area contributed by atoms with Crippen LogP contribution in [-0.2, 0) is 6.67 Å². The van der Waals surface area contributed by atoms with Gasteiger partial charge in [-0.05, 0) is 48.0 Å². The summed E-state index contributed by atoms with van der Waals surface area (Å²) in [4.78, 5) is 20.2. The van der Waals surface area contributed by atoms with Crippen LogP contribution in [0.1, 0.15) is 5.56 Å². The third-order valence-electron chi connectivity index (χ3n) is 4.18. The van der Waals surface area contributed by atoms with Crippen LogP contribution in [0.4, 0.5) is 5.69 Å². The zero-order valence-corrected chi connectivity index (χ0v) is 16.5. The number of fused-ring (bicyclic) bond motifs is 1. The molecule has 2 aromatic carbocycles. The first-order valence-corrected chi connectivity index (χ1v) is 9.65. The fourth-order valence-electron chi connectivity index (χ4n) is 2.78. The minimum atomic E-state index is -0.00798. The molecule has 7 heteroatoms. The van der Waals surface area contributed by atoms with E-state index in [0.29, 0.717) is 17.9 Å². The Labute approximate surface area is 162 Å². The van der Waals surface area contributed by atoms with Crippen molar-refractivity contribution < 1.29 is 4.74 Å². The topological polar surface area (TPSA) is 46.8 Å². The Balaban J connectivity index is 1.67. The molecule has 5 nitrogen and oxygen atoms in total. The summed E-state index contributed by atoms with van der Waals surface area (Å²) in [6.45, 7) is 1.05. The van der Waals surface area contributed by atoms with Crippen LogP contribution in [0.15, 0.2) is 62.8 Å². The maximum absolute atomic E-state index is 12.8. The number of benzene rings is 2. The maximum Gasteiger partial charge on any atom is 0.271 e. The molecule has 0 N–H and O–H groups in total. The van der Waals surface area contributed by atoms with E-state index >= 15 is 0 Å². The predicted molar refractivity (Wildman–Crippen MR) is 107 cm³/mol. The number of hydrogen-bond donors (Lipinski definition) is 0. The molecule has 0 saturated heterocycles. The van der Waals surface area contributed by atoms with Gasteiger partial charge in [-0.25, -0.2) is 4.99 Å². The van der Waals surface area contributed by atoms with Crippen molar-refractivity contribution in [1.29, 1.82) is 0 Å². The van der Waals surface area contributed by atoms with Gasteiger partial charge >= 0.3 is 0 Å². The Kier molecular flexibility index (Phi) is 4.65. The van der Waals surface area contributed by atoms with Gasteiger partial charge < -0.3 is 9.64 Å². The number of rotatable bonds is 3. The highest BCUT2D eigenvalue weighted by atomic mass is 79.9. The summed E-state index contributed by atoms with van der Waals surface area (Å²) in [5.74, 6) is 0.796. The van der Waals surface area contributed by atoms with Crippen LogP contribution in [0.25, 0.3) is 6.08 Å². The normalized spacial score (nSPS) is 14.1. The quantitative estimate of drug-likeness (QED) is 0.642. The predicted octanol–water partition coefficient (Wildman–Crippen LogP) is 2.56. The molecule has 0 amide bonds. The lowest BCUT2D eigenvalue weighted by Crippen LogP contribution is -2.42. The van der Waals surface area contributed by atoms with Crippen LogP contribution in [0.5, 0.6) is 5.75 Å². The van der Waals surface area contributed by atoms with Crippen LogP contribution < -0.4 is 24.5 Å². The fraction of sp³-hybridized carbons (Fsp3) is 0.158. The van der Waals surface area contributed by atoms with Gasteiger partial charge in [0.1, 0.15) is 19.1 Å². The number of halogens is 1. The second-order valence-corrected chi connectivity index (χ2v) is 7.78. The standard InChI is InChI=1S/C19H16BrN3O2S/c1-25-16-8-2-13(3-9-16)10-17-18(24)23-12-22(11-21-19(23)26-17)15-6-4-14(20)5-7-15/h2-10H,11-12H2,1H3/b17-10-. The van der Waals surface area contributed by atoms with Gasteiger partial charge in [0.05, 0.1) is 11.6 Å². The van der Waals surface area contributed by atoms with Crippen LogP contribution in [0.3, 0.4) is 0 Å². The molecule has 0 radical (unpaired) electrons. The molecule has 0 atom stereocenters. The molecular formula is C19H16BrN3O2S. The van der Waals surface area contributed by atoms with Crippen molar-refractivity contribution in [3.8, 4) is 5.75 Å². The average molecular weight is 430 g/mol. The highest BCUT2D eigenvalue weighted by Gasteiger charge is 2.15. The van der Waals surface area contributed by atoms with Gasteiger partial charge in [-0.3, -0.25) is 9.36 Å². The molecule has 3 aromatic rings. The molecule has 1 aliphatic heterocycles. The Hall–Kier alpha value is -2.38. The number of aromatic nitrogens is 1. The Bertz CT molecular complexity index is 1100. The molecule has 1 aromatic heterocycles. The Morgan fingerprint density at radius 1 is 1.15 bits per heavy atom. The smallest absolute Gasteiger partial charge is 0.271 e. The second kappa shape index (κ2) is 7.09. The van der Waals surface area contributed by atoms with E-state index in [0.717, 1.165) is 26.3 Å². The molecule has 26 heavy (non-hydrogen) atoms. The van der Waals surface area contributed by atoms with Gasteiger partial charge in [0.2, 0.25) is 0 Å². The van der Waals surface area contributed by atoms with E-state index in [-0.39, 0.29) is 5.56 Å². The fourth-order valence-corrected chi connectivity index (χ4v) is 4.01. The summed E-state index contributed by atoms with van der Waals surface area (Å²) >= 11 is 4.87. The Morgan fingerprint density at radius 3 is 2.58 bits per heavy atom. The summed E-state index contributed by atoms with van der Waals surface area (Å²) in [6, 6.07) is 15.7. The summed E-state index contributed by atoms with van der Waals surface area (Å²) in [7, 11) is 1.64. The molecule has 0 spiro atoms. The second-order valence-electron chi connectivity index (χ2n) is 5.86. The lowest BCUT2D eigenvalue weighted by atomic mass is 10.2. The molecule has 0 saturated carbocycles. The molecule has 1 aliphatic rings. The zero-order chi connectivity index (χ0) is 18.1. The van der Waals surface area contributed by atoms with E-state index in [1.807, 2.05) is 54.6 Å². The summed E-state index contributed by atoms with van der Waals surface area (Å²) in [5, 5.41) is 0. The first kappa shape index (κ1) is 17.1. The van der Waals surface area contributed by atoms with Crippen molar-refractivity contribution in [2.24, 2.45) is 4.99 Å². The van der Waals surface area contributed by atoms with Gasteiger partial charge in [0.25, 0.3) is 5.56 Å². The van der Waals surface area contributed by atoms with Crippen molar-refractivity contribution in [1.82, 2.24) is 4.57 Å². The van der Waals surface area contributed by atoms with Crippen molar-refractivity contribution >= 4 is 39.0 Å². The van der Waals surface area contributed by atoms with Crippen molar-refractivity contribution in [2.75, 3.05) is 18.7 Å². The van der Waals surface area contributed by atoms with Crippen molar-refractivity contribution in [2.45, 2.75) is 6.67 Å². The van der Waals surface area contributed by atoms with Gasteiger partial charge in [0.15, 0.2) is 4.80 Å². The summed E-state index contributed by atoms with van der Waals surface area (Å²) < 4.78 is 8.61. The maximum atomic E-state index is 12.8. The van der Waals surface area contributed by atoms with E-state index in [2.05, 4.69) is 25.8 Å². The van der Waals surface area contributed by atoms with Crippen LogP contribution in [0.2, 0.25) is 0 Å². The SMILES string of the molecule is COc1ccc(/C=c2\sc3n(c2=O)CN(c2ccc(Br)cc2)CN=3)cc1. The first-order chi connectivity index (χ1) is 12.6. The van der Waals surface area contributed by atoms with Gasteiger partial charge in [0, 0.05) is 10.2 Å². The lowest BCUT2D eigenvalue weighted by Gasteiger charge is -2.25. The van der Waals surface area contributed by atoms with Gasteiger partial charge in [-0.15, -0.1) is 0 Å². The van der Waals surface area contributed by atoms with Gasteiger partial charge in [-0.2, -0.15) is 0 Å². The molecule has 0 aliphatic carbocycles. The van der Waals surface area contributed by atoms with Crippen LogP contribution in [-0.4, -0.2) is 18.3 Å². The molecule has 0 bridgehead atoms. The highest BCUT2D eigenvalue weighted by Crippen LogP contribution is 2.19. The van der Waals surface area contributed by atoms with E-state index in [4.69, 9.17) is 4.74 Å². The largest absolute Gasteiger partial charge is 0.497 e. The Morgan fingerprint density at radius 2 is 1.88 bits per heavy atom. The number of nitrogens with zero attached hydrogens (tertiary/aromatic N) is 3. The van der Waals surface area contributed by atoms with Crippen molar-refractivity contribution in [3.05, 3.63) is 78.3 Å². The number of anilines is 1. The minimum Gasteiger partial charge on any atom is -0.497 e. The van der Waals surface area contributed by atoms with Gasteiger partial charge in [-0.1, -0.05) is 39.4 Å². The lowest BCUT2D eigenvalue weighted by molar-refractivity contribution is 0.415. The van der Waals surface area contributed by atoms with Crippen LogP contribution >= 0.6 is 27.3 Å². The van der Waals surface area contributed by atoms with E-state index < -0.39 is 0 Å². The average Bonchev–Trinajstić information content (AvgIpc) is 2.98. The third-order valence-corrected chi connectivity index (χ3v) is 5.76. The van der Waals surface area contributed by atoms with E-state index in [1.54, 1.807) is 11.7 Å². The number of thiazole rings is 1. The molecule has 132 valence electrons. The van der Waals surface area contributed by atoms with Crippen molar-refractivity contribution in [3.63, 3.8) is 0 Å². The highest BCUT2D eigenvalue weighted by molar-refractivity contribution is 9.10. The monoisotopic (exact) mass is 429 g/mol. The molecule has 0 fully saturated rings. The minimum absolute atomic E-state index is 0.00798. The number of ether oxygens (including phenoxy) is 1. The van der Waals surface area contributed by atoms with E-state index in [1.165, 1.54) is 11.3 Å². The van der Waals surface area contributed by atoms with E-state index in [9.17, 15) is 4.79 Å². The molecular weight excluding hydrogens is 414 g/mol. The number of hydrogen-bond acceptors (Lipinski definition) is 5. The first-order valence-electron chi connectivity index (χ1n) is 8.04. The van der Waals surface area contributed by atoms with Crippen LogP contribution in [0, 0.1) is 0 Å². The molecule has 0 unspecified atom stereocenters.